The minimum Gasteiger partial charge on any atom is -0.381 e. The monoisotopic (exact) mass is 548 g/mol. The number of amides is 4. The van der Waals surface area contributed by atoms with E-state index in [4.69, 9.17) is 4.74 Å². The van der Waals surface area contributed by atoms with Gasteiger partial charge in [0.25, 0.3) is 0 Å². The van der Waals surface area contributed by atoms with Crippen molar-refractivity contribution < 1.29 is 19.1 Å². The summed E-state index contributed by atoms with van der Waals surface area (Å²) in [5, 5.41) is 2.71. The van der Waals surface area contributed by atoms with Crippen LogP contribution < -0.4 is 10.2 Å². The fourth-order valence-corrected chi connectivity index (χ4v) is 7.99. The summed E-state index contributed by atoms with van der Waals surface area (Å²) >= 11 is 1.65. The number of carbonyl (C=O) groups excluding carboxylic acids is 3. The molecular formula is C30H36N4O4S. The van der Waals surface area contributed by atoms with E-state index in [0.717, 1.165) is 62.3 Å². The van der Waals surface area contributed by atoms with E-state index in [1.165, 1.54) is 0 Å². The summed E-state index contributed by atoms with van der Waals surface area (Å²) in [4.78, 5) is 45.8. The van der Waals surface area contributed by atoms with Crippen LogP contribution in [0.1, 0.15) is 37.7 Å². The summed E-state index contributed by atoms with van der Waals surface area (Å²) in [5.41, 5.74) is 2.95. The lowest BCUT2D eigenvalue weighted by Crippen LogP contribution is -2.50. The number of urea groups is 1. The van der Waals surface area contributed by atoms with E-state index in [9.17, 15) is 14.4 Å². The highest BCUT2D eigenvalue weighted by molar-refractivity contribution is 8.02. The number of anilines is 2. The molecule has 3 fully saturated rings. The number of ether oxygens (including phenoxy) is 1. The molecule has 0 saturated carbocycles. The van der Waals surface area contributed by atoms with Crippen LogP contribution in [0.4, 0.5) is 16.2 Å². The maximum Gasteiger partial charge on any atom is 0.322 e. The van der Waals surface area contributed by atoms with Crippen LogP contribution in [-0.2, 0) is 20.7 Å². The normalized spacial score (nSPS) is 24.9. The molecule has 0 aliphatic carbocycles. The van der Waals surface area contributed by atoms with Crippen LogP contribution in [0.3, 0.4) is 0 Å². The molecule has 4 aliphatic heterocycles. The number of benzene rings is 2. The fraction of sp³-hybridized carbons (Fsp3) is 0.500. The van der Waals surface area contributed by atoms with E-state index in [1.807, 2.05) is 63.2 Å². The zero-order valence-electron chi connectivity index (χ0n) is 22.2. The zero-order valence-corrected chi connectivity index (χ0v) is 23.0. The second kappa shape index (κ2) is 11.6. The van der Waals surface area contributed by atoms with Crippen LogP contribution in [0.25, 0.3) is 0 Å². The SMILES string of the molecule is O=C(CC1SC(C2CCOCC2)N(c2ccccc2)C1=O)N1CCC(N2CCc3ccccc3NC2=O)CC1. The third-order valence-electron chi connectivity index (χ3n) is 8.53. The first kappa shape index (κ1) is 26.2. The Morgan fingerprint density at radius 2 is 1.64 bits per heavy atom. The largest absolute Gasteiger partial charge is 0.381 e. The van der Waals surface area contributed by atoms with Crippen LogP contribution >= 0.6 is 11.8 Å². The molecular weight excluding hydrogens is 512 g/mol. The molecule has 4 aliphatic rings. The Hall–Kier alpha value is -3.04. The molecule has 9 heteroatoms. The van der Waals surface area contributed by atoms with Crippen molar-refractivity contribution in [3.8, 4) is 0 Å². The minimum atomic E-state index is -0.377. The van der Waals surface area contributed by atoms with Gasteiger partial charge in [-0.05, 0) is 61.8 Å². The number of hydrogen-bond acceptors (Lipinski definition) is 5. The maximum absolute atomic E-state index is 13.7. The van der Waals surface area contributed by atoms with Gasteiger partial charge in [-0.15, -0.1) is 11.8 Å². The van der Waals surface area contributed by atoms with Gasteiger partial charge in [0.2, 0.25) is 11.8 Å². The molecule has 4 heterocycles. The number of fused-ring (bicyclic) bond motifs is 1. The molecule has 0 aromatic heterocycles. The van der Waals surface area contributed by atoms with Gasteiger partial charge in [0.1, 0.15) is 0 Å². The average molecular weight is 549 g/mol. The van der Waals surface area contributed by atoms with Crippen LogP contribution in [0, 0.1) is 5.92 Å². The van der Waals surface area contributed by atoms with Crippen LogP contribution in [0.5, 0.6) is 0 Å². The smallest absolute Gasteiger partial charge is 0.322 e. The molecule has 2 aromatic carbocycles. The average Bonchev–Trinajstić information content (AvgIpc) is 3.19. The molecule has 2 atom stereocenters. The molecule has 39 heavy (non-hydrogen) atoms. The van der Waals surface area contributed by atoms with Crippen molar-refractivity contribution in [2.45, 2.75) is 55.2 Å². The quantitative estimate of drug-likeness (QED) is 0.601. The molecule has 206 valence electrons. The number of para-hydroxylation sites is 2. The second-order valence-electron chi connectivity index (χ2n) is 10.9. The summed E-state index contributed by atoms with van der Waals surface area (Å²) in [5.74, 6) is 0.425. The summed E-state index contributed by atoms with van der Waals surface area (Å²) in [6.45, 7) is 3.34. The topological polar surface area (TPSA) is 82.2 Å². The van der Waals surface area contributed by atoms with E-state index < -0.39 is 0 Å². The van der Waals surface area contributed by atoms with Crippen molar-refractivity contribution in [2.24, 2.45) is 5.92 Å². The molecule has 0 spiro atoms. The summed E-state index contributed by atoms with van der Waals surface area (Å²) in [6, 6.07) is 17.9. The number of carbonyl (C=O) groups is 3. The van der Waals surface area contributed by atoms with E-state index in [0.29, 0.717) is 25.6 Å². The van der Waals surface area contributed by atoms with E-state index in [-0.39, 0.29) is 40.9 Å². The lowest BCUT2D eigenvalue weighted by atomic mass is 9.98. The highest BCUT2D eigenvalue weighted by Crippen LogP contribution is 2.43. The van der Waals surface area contributed by atoms with E-state index in [2.05, 4.69) is 11.4 Å². The molecule has 2 unspecified atom stereocenters. The van der Waals surface area contributed by atoms with E-state index in [1.54, 1.807) is 11.8 Å². The van der Waals surface area contributed by atoms with Gasteiger partial charge >= 0.3 is 6.03 Å². The third-order valence-corrected chi connectivity index (χ3v) is 10.1. The van der Waals surface area contributed by atoms with Crippen LogP contribution in [0.15, 0.2) is 54.6 Å². The van der Waals surface area contributed by atoms with Gasteiger partial charge < -0.3 is 19.9 Å². The summed E-state index contributed by atoms with van der Waals surface area (Å²) in [6.07, 6.45) is 4.40. The molecule has 2 aromatic rings. The van der Waals surface area contributed by atoms with Gasteiger partial charge in [-0.3, -0.25) is 14.5 Å². The van der Waals surface area contributed by atoms with E-state index >= 15 is 0 Å². The van der Waals surface area contributed by atoms with Gasteiger partial charge in [0.05, 0.1) is 10.6 Å². The second-order valence-corrected chi connectivity index (χ2v) is 12.2. The molecule has 0 radical (unpaired) electrons. The zero-order chi connectivity index (χ0) is 26.8. The number of piperidine rings is 1. The molecule has 6 rings (SSSR count). The molecule has 3 saturated heterocycles. The first-order valence-electron chi connectivity index (χ1n) is 14.1. The molecule has 4 amide bonds. The third kappa shape index (κ3) is 5.52. The predicted octanol–water partition coefficient (Wildman–Crippen LogP) is 4.36. The first-order valence-corrected chi connectivity index (χ1v) is 15.1. The number of likely N-dealkylation sites (tertiary alicyclic amines) is 1. The Morgan fingerprint density at radius 1 is 0.923 bits per heavy atom. The fourth-order valence-electron chi connectivity index (χ4n) is 6.34. The van der Waals surface area contributed by atoms with Crippen molar-refractivity contribution in [1.82, 2.24) is 9.80 Å². The van der Waals surface area contributed by atoms with Crippen molar-refractivity contribution in [3.05, 3.63) is 60.2 Å². The Balaban J connectivity index is 1.07. The number of hydrogen-bond donors (Lipinski definition) is 1. The standard InChI is InChI=1S/C30H36N4O4S/c35-27(32-15-11-23(12-16-32)33-17-10-21-6-4-5-9-25(21)31-30(33)37)20-26-28(36)34(24-7-2-1-3-8-24)29(39-26)22-13-18-38-19-14-22/h1-9,22-23,26,29H,10-20H2,(H,31,37). The Bertz CT molecular complexity index is 1200. The Kier molecular flexibility index (Phi) is 7.79. The Morgan fingerprint density at radius 3 is 2.41 bits per heavy atom. The lowest BCUT2D eigenvalue weighted by Gasteiger charge is -2.38. The molecule has 1 N–H and O–H groups in total. The lowest BCUT2D eigenvalue weighted by molar-refractivity contribution is -0.134. The van der Waals surface area contributed by atoms with Crippen molar-refractivity contribution in [3.63, 3.8) is 0 Å². The molecule has 0 bridgehead atoms. The summed E-state index contributed by atoms with van der Waals surface area (Å²) in [7, 11) is 0. The number of rotatable bonds is 5. The van der Waals surface area contributed by atoms with Crippen LogP contribution in [-0.4, -0.2) is 77.2 Å². The minimum absolute atomic E-state index is 0.0259. The van der Waals surface area contributed by atoms with Gasteiger partial charge in [-0.2, -0.15) is 0 Å². The number of nitrogens with one attached hydrogen (secondary N) is 1. The van der Waals surface area contributed by atoms with Crippen molar-refractivity contribution >= 4 is 41.0 Å². The van der Waals surface area contributed by atoms with Crippen LogP contribution in [0.2, 0.25) is 0 Å². The van der Waals surface area contributed by atoms with Gasteiger partial charge in [0.15, 0.2) is 0 Å². The van der Waals surface area contributed by atoms with Gasteiger partial charge in [-0.25, -0.2) is 4.79 Å². The van der Waals surface area contributed by atoms with Gasteiger partial charge in [-0.1, -0.05) is 36.4 Å². The van der Waals surface area contributed by atoms with Crippen molar-refractivity contribution in [2.75, 3.05) is 43.1 Å². The molecule has 8 nitrogen and oxygen atoms in total. The first-order chi connectivity index (χ1) is 19.1. The maximum atomic E-state index is 13.7. The predicted molar refractivity (Wildman–Crippen MR) is 153 cm³/mol. The van der Waals surface area contributed by atoms with Gasteiger partial charge in [0, 0.05) is 56.7 Å². The Labute approximate surface area is 234 Å². The number of thioether (sulfide) groups is 1. The highest BCUT2D eigenvalue weighted by atomic mass is 32.2. The van der Waals surface area contributed by atoms with Crippen molar-refractivity contribution in [1.29, 1.82) is 0 Å². The number of nitrogens with zero attached hydrogens (tertiary/aromatic N) is 3. The highest BCUT2D eigenvalue weighted by Gasteiger charge is 2.46. The summed E-state index contributed by atoms with van der Waals surface area (Å²) < 4.78 is 5.58.